The van der Waals surface area contributed by atoms with Gasteiger partial charge >= 0.3 is 0 Å². The summed E-state index contributed by atoms with van der Waals surface area (Å²) in [5.74, 6) is 0.0896. The van der Waals surface area contributed by atoms with Crippen LogP contribution in [-0.4, -0.2) is 25.8 Å². The largest absolute Gasteiger partial charge is 0.355 e. The molecule has 0 radical (unpaired) electrons. The number of rotatable bonds is 4. The van der Waals surface area contributed by atoms with Gasteiger partial charge in [0.05, 0.1) is 13.2 Å². The lowest BCUT2D eigenvalue weighted by molar-refractivity contribution is -0.161. The van der Waals surface area contributed by atoms with Crippen LogP contribution in [0.15, 0.2) is 12.7 Å². The molecule has 0 aliphatic carbocycles. The number of carbonyl (C=O) groups is 1. The van der Waals surface area contributed by atoms with E-state index in [4.69, 9.17) is 9.47 Å². The topological polar surface area (TPSA) is 35.5 Å². The molecule has 0 amide bonds. The summed E-state index contributed by atoms with van der Waals surface area (Å²) in [4.78, 5) is 11.0. The molecule has 0 unspecified atom stereocenters. The van der Waals surface area contributed by atoms with E-state index in [1.807, 2.05) is 0 Å². The van der Waals surface area contributed by atoms with E-state index in [2.05, 4.69) is 13.5 Å². The van der Waals surface area contributed by atoms with Crippen molar-refractivity contribution in [3.63, 3.8) is 0 Å². The van der Waals surface area contributed by atoms with Gasteiger partial charge in [-0.2, -0.15) is 0 Å². The number of carbonyl (C=O) groups excluding carboxylic acids is 1. The summed E-state index contributed by atoms with van der Waals surface area (Å²) < 4.78 is 10.4. The van der Waals surface area contributed by atoms with Crippen LogP contribution in [0, 0.1) is 5.41 Å². The van der Waals surface area contributed by atoms with E-state index in [-0.39, 0.29) is 18.6 Å². The summed E-state index contributed by atoms with van der Waals surface area (Å²) in [6.07, 6.45) is 2.71. The first-order valence-corrected chi connectivity index (χ1v) is 4.47. The zero-order valence-electron chi connectivity index (χ0n) is 8.04. The first-order valence-electron chi connectivity index (χ1n) is 4.47. The number of ether oxygens (including phenoxy) is 2. The van der Waals surface area contributed by atoms with Crippen molar-refractivity contribution >= 4 is 5.78 Å². The van der Waals surface area contributed by atoms with Gasteiger partial charge in [-0.15, -0.1) is 0 Å². The molecule has 0 saturated carbocycles. The standard InChI is InChI=1S/C10H16O3.CH4/c1-3-9(11)4-5-10(2)6-12-8-13-7-10;/h3H,1,4-8H2,2H3;1H4. The molecule has 0 aromatic carbocycles. The Morgan fingerprint density at radius 3 is 2.57 bits per heavy atom. The van der Waals surface area contributed by atoms with Gasteiger partial charge in [0.1, 0.15) is 6.79 Å². The average molecular weight is 200 g/mol. The Kier molecular flexibility index (Phi) is 5.65. The molecule has 3 heteroatoms. The van der Waals surface area contributed by atoms with Crippen molar-refractivity contribution in [3.05, 3.63) is 12.7 Å². The van der Waals surface area contributed by atoms with Gasteiger partial charge in [-0.25, -0.2) is 0 Å². The van der Waals surface area contributed by atoms with Gasteiger partial charge in [-0.05, 0) is 12.5 Å². The first-order chi connectivity index (χ1) is 6.16. The monoisotopic (exact) mass is 200 g/mol. The SMILES string of the molecule is C.C=CC(=O)CCC1(C)COCOC1. The molecule has 1 rings (SSSR count). The van der Waals surface area contributed by atoms with Crippen molar-refractivity contribution in [2.45, 2.75) is 27.2 Å². The highest BCUT2D eigenvalue weighted by Crippen LogP contribution is 2.27. The van der Waals surface area contributed by atoms with E-state index < -0.39 is 0 Å². The van der Waals surface area contributed by atoms with E-state index in [1.165, 1.54) is 6.08 Å². The molecular formula is C11H20O3. The van der Waals surface area contributed by atoms with Crippen LogP contribution in [-0.2, 0) is 14.3 Å². The molecule has 1 aliphatic heterocycles. The van der Waals surface area contributed by atoms with Gasteiger partial charge in [0, 0.05) is 11.8 Å². The Labute approximate surface area is 86.1 Å². The summed E-state index contributed by atoms with van der Waals surface area (Å²) >= 11 is 0. The van der Waals surface area contributed by atoms with Crippen LogP contribution in [0.5, 0.6) is 0 Å². The Bertz CT molecular complexity index is 193. The summed E-state index contributed by atoms with van der Waals surface area (Å²) in [5.41, 5.74) is -0.00306. The molecule has 1 fully saturated rings. The number of allylic oxidation sites excluding steroid dienone is 1. The van der Waals surface area contributed by atoms with Crippen molar-refractivity contribution in [3.8, 4) is 0 Å². The maximum atomic E-state index is 11.0. The van der Waals surface area contributed by atoms with E-state index >= 15 is 0 Å². The summed E-state index contributed by atoms with van der Waals surface area (Å²) in [6, 6.07) is 0. The second-order valence-corrected chi connectivity index (χ2v) is 3.80. The summed E-state index contributed by atoms with van der Waals surface area (Å²) in [5, 5.41) is 0. The Hall–Kier alpha value is -0.670. The normalized spacial score (nSPS) is 19.5. The maximum absolute atomic E-state index is 11.0. The molecule has 0 aromatic heterocycles. The molecular weight excluding hydrogens is 180 g/mol. The Balaban J connectivity index is 0.00000169. The second-order valence-electron chi connectivity index (χ2n) is 3.80. The minimum absolute atomic E-state index is 0. The van der Waals surface area contributed by atoms with Crippen molar-refractivity contribution < 1.29 is 14.3 Å². The fourth-order valence-electron chi connectivity index (χ4n) is 1.35. The minimum Gasteiger partial charge on any atom is -0.355 e. The molecule has 82 valence electrons. The van der Waals surface area contributed by atoms with Crippen LogP contribution < -0.4 is 0 Å². The zero-order chi connectivity index (χ0) is 9.73. The number of hydrogen-bond donors (Lipinski definition) is 0. The van der Waals surface area contributed by atoms with Crippen LogP contribution in [0.4, 0.5) is 0 Å². The lowest BCUT2D eigenvalue weighted by Gasteiger charge is -2.32. The van der Waals surface area contributed by atoms with E-state index in [1.54, 1.807) is 0 Å². The van der Waals surface area contributed by atoms with Crippen LogP contribution in [0.3, 0.4) is 0 Å². The van der Waals surface area contributed by atoms with Crippen molar-refractivity contribution in [1.82, 2.24) is 0 Å². The Morgan fingerprint density at radius 2 is 2.07 bits per heavy atom. The van der Waals surface area contributed by atoms with Gasteiger partial charge < -0.3 is 9.47 Å². The summed E-state index contributed by atoms with van der Waals surface area (Å²) in [6.45, 7) is 7.24. The van der Waals surface area contributed by atoms with E-state index in [0.717, 1.165) is 6.42 Å². The van der Waals surface area contributed by atoms with E-state index in [9.17, 15) is 4.79 Å². The second kappa shape index (κ2) is 5.94. The quantitative estimate of drug-likeness (QED) is 0.652. The fraction of sp³-hybridized carbons (Fsp3) is 0.727. The molecule has 1 heterocycles. The first kappa shape index (κ1) is 13.3. The molecule has 14 heavy (non-hydrogen) atoms. The molecule has 0 aromatic rings. The van der Waals surface area contributed by atoms with Crippen molar-refractivity contribution in [2.75, 3.05) is 20.0 Å². The molecule has 3 nitrogen and oxygen atoms in total. The predicted octanol–water partition coefficient (Wildman–Crippen LogP) is 2.17. The highest BCUT2D eigenvalue weighted by Gasteiger charge is 2.28. The smallest absolute Gasteiger partial charge is 0.155 e. The molecule has 0 atom stereocenters. The van der Waals surface area contributed by atoms with Crippen LogP contribution in [0.2, 0.25) is 0 Å². The highest BCUT2D eigenvalue weighted by molar-refractivity contribution is 5.88. The van der Waals surface area contributed by atoms with Crippen LogP contribution in [0.25, 0.3) is 0 Å². The van der Waals surface area contributed by atoms with Gasteiger partial charge in [0.15, 0.2) is 5.78 Å². The molecule has 0 N–H and O–H groups in total. The average Bonchev–Trinajstić information content (AvgIpc) is 2.15. The predicted molar refractivity (Wildman–Crippen MR) is 56.0 cm³/mol. The fourth-order valence-corrected chi connectivity index (χ4v) is 1.35. The lowest BCUT2D eigenvalue weighted by atomic mass is 9.86. The van der Waals surface area contributed by atoms with Crippen LogP contribution in [0.1, 0.15) is 27.2 Å². The zero-order valence-corrected chi connectivity index (χ0v) is 8.04. The number of ketones is 1. The van der Waals surface area contributed by atoms with Crippen molar-refractivity contribution in [1.29, 1.82) is 0 Å². The minimum atomic E-state index is -0.00306. The summed E-state index contributed by atoms with van der Waals surface area (Å²) in [7, 11) is 0. The molecule has 1 saturated heterocycles. The highest BCUT2D eigenvalue weighted by atomic mass is 16.7. The van der Waals surface area contributed by atoms with Gasteiger partial charge in [0.25, 0.3) is 0 Å². The Morgan fingerprint density at radius 1 is 1.50 bits per heavy atom. The third-order valence-electron chi connectivity index (χ3n) is 2.27. The third-order valence-corrected chi connectivity index (χ3v) is 2.27. The van der Waals surface area contributed by atoms with Crippen LogP contribution >= 0.6 is 0 Å². The van der Waals surface area contributed by atoms with Gasteiger partial charge in [0.2, 0.25) is 0 Å². The molecule has 1 aliphatic rings. The van der Waals surface area contributed by atoms with E-state index in [0.29, 0.717) is 26.4 Å². The van der Waals surface area contributed by atoms with Gasteiger partial charge in [-0.1, -0.05) is 20.9 Å². The molecule has 0 spiro atoms. The number of hydrogen-bond acceptors (Lipinski definition) is 3. The van der Waals surface area contributed by atoms with Gasteiger partial charge in [-0.3, -0.25) is 4.79 Å². The molecule has 0 bridgehead atoms. The van der Waals surface area contributed by atoms with Crippen molar-refractivity contribution in [2.24, 2.45) is 5.41 Å². The third kappa shape index (κ3) is 4.03. The maximum Gasteiger partial charge on any atom is 0.155 e. The lowest BCUT2D eigenvalue weighted by Crippen LogP contribution is -2.35.